The van der Waals surface area contributed by atoms with Gasteiger partial charge >= 0.3 is 0 Å². The van der Waals surface area contributed by atoms with Crippen molar-refractivity contribution >= 4 is 40.5 Å². The highest BCUT2D eigenvalue weighted by Gasteiger charge is 2.19. The number of hydrogen-bond acceptors (Lipinski definition) is 3. The molecule has 1 aliphatic carbocycles. The maximum atomic E-state index is 12.0. The van der Waals surface area contributed by atoms with Crippen molar-refractivity contribution in [2.24, 2.45) is 5.92 Å². The first-order valence-corrected chi connectivity index (χ1v) is 7.94. The smallest absolute Gasteiger partial charge is 0.225 e. The van der Waals surface area contributed by atoms with E-state index in [1.54, 1.807) is 12.1 Å². The van der Waals surface area contributed by atoms with E-state index in [-0.39, 0.29) is 5.91 Å². The fourth-order valence-corrected chi connectivity index (χ4v) is 2.98. The summed E-state index contributed by atoms with van der Waals surface area (Å²) >= 11 is 11.9. The van der Waals surface area contributed by atoms with Gasteiger partial charge in [0.25, 0.3) is 0 Å². The maximum Gasteiger partial charge on any atom is 0.225 e. The van der Waals surface area contributed by atoms with Crippen LogP contribution < -0.4 is 11.1 Å². The van der Waals surface area contributed by atoms with E-state index in [4.69, 9.17) is 28.9 Å². The molecule has 21 heavy (non-hydrogen) atoms. The molecular formula is C15H21Cl2N3O. The van der Waals surface area contributed by atoms with Gasteiger partial charge in [-0.1, -0.05) is 29.6 Å². The summed E-state index contributed by atoms with van der Waals surface area (Å²) in [5, 5.41) is 3.57. The highest BCUT2D eigenvalue weighted by atomic mass is 35.5. The minimum absolute atomic E-state index is 0.0913. The van der Waals surface area contributed by atoms with Crippen molar-refractivity contribution in [3.05, 3.63) is 22.2 Å². The third-order valence-corrected chi connectivity index (χ3v) is 4.38. The highest BCUT2D eigenvalue weighted by Crippen LogP contribution is 2.32. The van der Waals surface area contributed by atoms with Crippen molar-refractivity contribution in [3.8, 4) is 0 Å². The van der Waals surface area contributed by atoms with Crippen molar-refractivity contribution in [2.45, 2.75) is 25.7 Å². The zero-order chi connectivity index (χ0) is 15.4. The number of hydrogen-bond donors (Lipinski definition) is 2. The average molecular weight is 330 g/mol. The summed E-state index contributed by atoms with van der Waals surface area (Å²) in [4.78, 5) is 14.2. The Morgan fingerprint density at radius 1 is 1.43 bits per heavy atom. The standard InChI is InChI=1S/C15H21Cl2N3O/c1-20(9-10-3-2-4-10)6-5-14(21)19-15-12(17)7-11(16)8-13(15)18/h7-8,10H,2-6,9,18H2,1H3,(H,19,21). The van der Waals surface area contributed by atoms with E-state index in [9.17, 15) is 4.79 Å². The number of carbonyl (C=O) groups excluding carboxylic acids is 1. The fraction of sp³-hybridized carbons (Fsp3) is 0.533. The molecular weight excluding hydrogens is 309 g/mol. The third kappa shape index (κ3) is 4.77. The van der Waals surface area contributed by atoms with E-state index < -0.39 is 0 Å². The van der Waals surface area contributed by atoms with Gasteiger partial charge in [0, 0.05) is 24.5 Å². The fourth-order valence-electron chi connectivity index (χ4n) is 2.43. The van der Waals surface area contributed by atoms with Crippen LogP contribution in [0, 0.1) is 5.92 Å². The second-order valence-corrected chi connectivity index (χ2v) is 6.55. The molecule has 0 atom stereocenters. The third-order valence-electron chi connectivity index (χ3n) is 3.87. The number of nitrogens with one attached hydrogen (secondary N) is 1. The van der Waals surface area contributed by atoms with Crippen LogP contribution >= 0.6 is 23.2 Å². The SMILES string of the molecule is CN(CCC(=O)Nc1c(N)cc(Cl)cc1Cl)CC1CCC1. The molecule has 0 aromatic heterocycles. The van der Waals surface area contributed by atoms with Gasteiger partial charge in [-0.2, -0.15) is 0 Å². The van der Waals surface area contributed by atoms with E-state index in [0.717, 1.165) is 19.0 Å². The van der Waals surface area contributed by atoms with Crippen molar-refractivity contribution in [1.29, 1.82) is 0 Å². The topological polar surface area (TPSA) is 58.4 Å². The zero-order valence-electron chi connectivity index (χ0n) is 12.2. The Hall–Kier alpha value is -0.970. The molecule has 116 valence electrons. The number of amides is 1. The Bertz CT molecular complexity index is 495. The van der Waals surface area contributed by atoms with E-state index in [0.29, 0.717) is 27.8 Å². The van der Waals surface area contributed by atoms with E-state index >= 15 is 0 Å². The summed E-state index contributed by atoms with van der Waals surface area (Å²) in [6.07, 6.45) is 4.38. The van der Waals surface area contributed by atoms with Gasteiger partial charge in [-0.25, -0.2) is 0 Å². The van der Waals surface area contributed by atoms with E-state index in [2.05, 4.69) is 17.3 Å². The molecule has 0 radical (unpaired) electrons. The summed E-state index contributed by atoms with van der Waals surface area (Å²) in [7, 11) is 2.05. The van der Waals surface area contributed by atoms with Crippen LogP contribution in [0.5, 0.6) is 0 Å². The first-order chi connectivity index (χ1) is 9.95. The van der Waals surface area contributed by atoms with Gasteiger partial charge < -0.3 is 16.0 Å². The number of halogens is 2. The van der Waals surface area contributed by atoms with Gasteiger partial charge in [0.2, 0.25) is 5.91 Å². The molecule has 1 saturated carbocycles. The number of rotatable bonds is 6. The predicted molar refractivity (Wildman–Crippen MR) is 89.0 cm³/mol. The Kier molecular flexibility index (Phi) is 5.73. The Labute approximate surface area is 135 Å². The van der Waals surface area contributed by atoms with Crippen LogP contribution in [0.15, 0.2) is 12.1 Å². The van der Waals surface area contributed by atoms with Gasteiger partial charge in [-0.05, 0) is 37.9 Å². The molecule has 0 spiro atoms. The van der Waals surface area contributed by atoms with Gasteiger partial charge in [0.15, 0.2) is 0 Å². The molecule has 0 aliphatic heterocycles. The number of anilines is 2. The molecule has 0 bridgehead atoms. The van der Waals surface area contributed by atoms with Crippen molar-refractivity contribution in [3.63, 3.8) is 0 Å². The Morgan fingerprint density at radius 3 is 2.71 bits per heavy atom. The molecule has 0 saturated heterocycles. The summed E-state index contributed by atoms with van der Waals surface area (Å²) in [6.45, 7) is 1.80. The zero-order valence-corrected chi connectivity index (χ0v) is 13.7. The summed E-state index contributed by atoms with van der Waals surface area (Å²) in [6, 6.07) is 3.14. The normalized spacial score (nSPS) is 15.0. The lowest BCUT2D eigenvalue weighted by molar-refractivity contribution is -0.116. The van der Waals surface area contributed by atoms with Crippen molar-refractivity contribution < 1.29 is 4.79 Å². The molecule has 0 heterocycles. The largest absolute Gasteiger partial charge is 0.397 e. The molecule has 1 aliphatic rings. The molecule has 1 amide bonds. The minimum Gasteiger partial charge on any atom is -0.397 e. The van der Waals surface area contributed by atoms with Gasteiger partial charge in [0.1, 0.15) is 0 Å². The molecule has 4 nitrogen and oxygen atoms in total. The molecule has 1 aromatic carbocycles. The quantitative estimate of drug-likeness (QED) is 0.783. The average Bonchev–Trinajstić information content (AvgIpc) is 2.35. The van der Waals surface area contributed by atoms with Crippen LogP contribution in [0.1, 0.15) is 25.7 Å². The van der Waals surface area contributed by atoms with Crippen LogP contribution in [0.25, 0.3) is 0 Å². The Balaban J connectivity index is 1.81. The monoisotopic (exact) mass is 329 g/mol. The summed E-state index contributed by atoms with van der Waals surface area (Å²) in [5.74, 6) is 0.714. The van der Waals surface area contributed by atoms with E-state index in [1.165, 1.54) is 19.3 Å². The molecule has 3 N–H and O–H groups in total. The molecule has 2 rings (SSSR count). The highest BCUT2D eigenvalue weighted by molar-refractivity contribution is 6.37. The lowest BCUT2D eigenvalue weighted by Gasteiger charge is -2.30. The number of carbonyl (C=O) groups is 1. The Morgan fingerprint density at radius 2 is 2.14 bits per heavy atom. The first-order valence-electron chi connectivity index (χ1n) is 7.18. The molecule has 0 unspecified atom stereocenters. The minimum atomic E-state index is -0.0913. The molecule has 1 aromatic rings. The molecule has 6 heteroatoms. The lowest BCUT2D eigenvalue weighted by atomic mass is 9.85. The predicted octanol–water partition coefficient (Wildman–Crippen LogP) is 3.64. The van der Waals surface area contributed by atoms with Gasteiger partial charge in [0.05, 0.1) is 16.4 Å². The van der Waals surface area contributed by atoms with E-state index in [1.807, 2.05) is 0 Å². The lowest BCUT2D eigenvalue weighted by Crippen LogP contribution is -2.31. The summed E-state index contributed by atoms with van der Waals surface area (Å²) < 4.78 is 0. The first kappa shape index (κ1) is 16.4. The van der Waals surface area contributed by atoms with Crippen molar-refractivity contribution in [2.75, 3.05) is 31.2 Å². The van der Waals surface area contributed by atoms with Crippen LogP contribution in [0.3, 0.4) is 0 Å². The second kappa shape index (κ2) is 7.34. The molecule has 1 fully saturated rings. The van der Waals surface area contributed by atoms with Crippen LogP contribution in [0.4, 0.5) is 11.4 Å². The van der Waals surface area contributed by atoms with Gasteiger partial charge in [-0.3, -0.25) is 4.79 Å². The van der Waals surface area contributed by atoms with Gasteiger partial charge in [-0.15, -0.1) is 0 Å². The number of benzene rings is 1. The summed E-state index contributed by atoms with van der Waals surface area (Å²) in [5.41, 5.74) is 6.64. The van der Waals surface area contributed by atoms with Crippen LogP contribution in [-0.4, -0.2) is 30.9 Å². The maximum absolute atomic E-state index is 12.0. The number of nitrogens with zero attached hydrogens (tertiary/aromatic N) is 1. The van der Waals surface area contributed by atoms with Crippen LogP contribution in [0.2, 0.25) is 10.0 Å². The number of nitrogens with two attached hydrogens (primary N) is 1. The second-order valence-electron chi connectivity index (χ2n) is 5.71. The van der Waals surface area contributed by atoms with Crippen LogP contribution in [-0.2, 0) is 4.79 Å². The number of nitrogen functional groups attached to an aromatic ring is 1. The van der Waals surface area contributed by atoms with Crippen molar-refractivity contribution in [1.82, 2.24) is 4.90 Å².